The number of methoxy groups -OCH3 is 1. The van der Waals surface area contributed by atoms with Gasteiger partial charge in [0.15, 0.2) is 5.82 Å². The first-order chi connectivity index (χ1) is 15.9. The normalized spacial score (nSPS) is 12.0. The molecule has 1 amide bonds. The van der Waals surface area contributed by atoms with Crippen LogP contribution < -0.4 is 16.0 Å². The van der Waals surface area contributed by atoms with Crippen LogP contribution in [0, 0.1) is 5.82 Å². The summed E-state index contributed by atoms with van der Waals surface area (Å²) in [4.78, 5) is 20.2. The van der Waals surface area contributed by atoms with Crippen molar-refractivity contribution < 1.29 is 13.9 Å². The van der Waals surface area contributed by atoms with Crippen LogP contribution in [-0.4, -0.2) is 46.4 Å². The maximum absolute atomic E-state index is 14.0. The molecule has 1 unspecified atom stereocenters. The number of amides is 1. The topological polar surface area (TPSA) is 106 Å². The molecular formula is C22H25ClFN7O2. The fraction of sp³-hybridized carbons (Fsp3) is 0.273. The third-order valence-electron chi connectivity index (χ3n) is 4.63. The SMILES string of the molecule is CC=Cc1ccc(F)cc1C(COC)Nc1nc(Nc2cnn(CC(=O)NC)c2)ncc1Cl. The van der Waals surface area contributed by atoms with Crippen molar-refractivity contribution in [1.29, 1.82) is 0 Å². The number of nitrogens with zero attached hydrogens (tertiary/aromatic N) is 4. The van der Waals surface area contributed by atoms with Crippen LogP contribution in [0.2, 0.25) is 5.02 Å². The standard InChI is InChI=1S/C22H25ClFN7O2/c1-4-5-14-6-7-15(24)8-17(14)19(13-33-3)29-21-18(23)10-26-22(30-21)28-16-9-27-31(11-16)12-20(32)25-2/h4-11,19H,12-13H2,1-3H3,(H,25,32)(H2,26,28,29,30). The lowest BCUT2D eigenvalue weighted by Crippen LogP contribution is -2.23. The van der Waals surface area contributed by atoms with E-state index in [2.05, 4.69) is 31.0 Å². The number of halogens is 2. The van der Waals surface area contributed by atoms with E-state index in [1.165, 1.54) is 23.0 Å². The molecule has 0 aliphatic carbocycles. The molecule has 2 aromatic heterocycles. The molecular weight excluding hydrogens is 449 g/mol. The summed E-state index contributed by atoms with van der Waals surface area (Å²) in [7, 11) is 3.12. The summed E-state index contributed by atoms with van der Waals surface area (Å²) in [5.41, 5.74) is 2.15. The van der Waals surface area contributed by atoms with Gasteiger partial charge in [0.2, 0.25) is 11.9 Å². The summed E-state index contributed by atoms with van der Waals surface area (Å²) in [6.45, 7) is 2.23. The van der Waals surface area contributed by atoms with Gasteiger partial charge in [-0.2, -0.15) is 10.1 Å². The zero-order chi connectivity index (χ0) is 23.8. The minimum absolute atomic E-state index is 0.0906. The number of hydrogen-bond donors (Lipinski definition) is 3. The van der Waals surface area contributed by atoms with E-state index in [4.69, 9.17) is 16.3 Å². The van der Waals surface area contributed by atoms with E-state index in [9.17, 15) is 9.18 Å². The second kappa shape index (κ2) is 11.4. The smallest absolute Gasteiger partial charge is 0.241 e. The van der Waals surface area contributed by atoms with Crippen molar-refractivity contribution >= 4 is 41.0 Å². The molecule has 3 rings (SSSR count). The summed E-state index contributed by atoms with van der Waals surface area (Å²) in [6, 6.07) is 4.15. The van der Waals surface area contributed by atoms with E-state index in [1.807, 2.05) is 19.1 Å². The highest BCUT2D eigenvalue weighted by atomic mass is 35.5. The maximum atomic E-state index is 14.0. The third-order valence-corrected chi connectivity index (χ3v) is 4.91. The van der Waals surface area contributed by atoms with Gasteiger partial charge in [-0.25, -0.2) is 9.37 Å². The molecule has 0 spiro atoms. The van der Waals surface area contributed by atoms with Gasteiger partial charge in [0.1, 0.15) is 17.4 Å². The Bertz CT molecular complexity index is 1140. The number of aromatic nitrogens is 4. The molecule has 0 radical (unpaired) electrons. The second-order valence-corrected chi connectivity index (χ2v) is 7.45. The molecule has 2 heterocycles. The van der Waals surface area contributed by atoms with Crippen LogP contribution in [0.5, 0.6) is 0 Å². The highest BCUT2D eigenvalue weighted by molar-refractivity contribution is 6.32. The van der Waals surface area contributed by atoms with Crippen LogP contribution in [0.25, 0.3) is 6.08 Å². The molecule has 0 aliphatic heterocycles. The number of allylic oxidation sites excluding steroid dienone is 1. The van der Waals surface area contributed by atoms with Crippen LogP contribution in [0.3, 0.4) is 0 Å². The number of anilines is 3. The van der Waals surface area contributed by atoms with Crippen molar-refractivity contribution in [1.82, 2.24) is 25.1 Å². The monoisotopic (exact) mass is 473 g/mol. The third kappa shape index (κ3) is 6.50. The quantitative estimate of drug-likeness (QED) is 0.411. The molecule has 0 fully saturated rings. The van der Waals surface area contributed by atoms with Crippen LogP contribution in [0.15, 0.2) is 42.9 Å². The van der Waals surface area contributed by atoms with Crippen molar-refractivity contribution in [2.24, 2.45) is 0 Å². The number of benzene rings is 1. The first kappa shape index (κ1) is 24.1. The lowest BCUT2D eigenvalue weighted by Gasteiger charge is -2.22. The van der Waals surface area contributed by atoms with E-state index >= 15 is 0 Å². The van der Waals surface area contributed by atoms with Gasteiger partial charge in [0, 0.05) is 20.4 Å². The molecule has 1 aromatic carbocycles. The fourth-order valence-electron chi connectivity index (χ4n) is 3.12. The Labute approximate surface area is 196 Å². The number of ether oxygens (including phenoxy) is 1. The summed E-state index contributed by atoms with van der Waals surface area (Å²) in [5, 5.41) is 13.2. The summed E-state index contributed by atoms with van der Waals surface area (Å²) in [6.07, 6.45) is 8.44. The zero-order valence-electron chi connectivity index (χ0n) is 18.5. The van der Waals surface area contributed by atoms with E-state index in [-0.39, 0.29) is 30.8 Å². The number of hydrogen-bond acceptors (Lipinski definition) is 7. The first-order valence-electron chi connectivity index (χ1n) is 10.1. The number of carbonyl (C=O) groups is 1. The number of rotatable bonds is 10. The van der Waals surface area contributed by atoms with Gasteiger partial charge in [0.25, 0.3) is 0 Å². The van der Waals surface area contributed by atoms with Crippen molar-refractivity contribution in [3.05, 3.63) is 64.8 Å². The number of nitrogens with one attached hydrogen (secondary N) is 3. The van der Waals surface area contributed by atoms with Gasteiger partial charge in [-0.3, -0.25) is 9.48 Å². The van der Waals surface area contributed by atoms with Crippen molar-refractivity contribution in [3.63, 3.8) is 0 Å². The Morgan fingerprint density at radius 1 is 1.36 bits per heavy atom. The Balaban J connectivity index is 1.84. The largest absolute Gasteiger partial charge is 0.382 e. The van der Waals surface area contributed by atoms with Crippen molar-refractivity contribution in [2.75, 3.05) is 31.4 Å². The first-order valence-corrected chi connectivity index (χ1v) is 10.5. The summed E-state index contributed by atoms with van der Waals surface area (Å²) >= 11 is 6.34. The van der Waals surface area contributed by atoms with Gasteiger partial charge >= 0.3 is 0 Å². The minimum atomic E-state index is -0.424. The van der Waals surface area contributed by atoms with Gasteiger partial charge in [-0.05, 0) is 30.2 Å². The predicted molar refractivity (Wildman–Crippen MR) is 126 cm³/mol. The highest BCUT2D eigenvalue weighted by Gasteiger charge is 2.18. The molecule has 33 heavy (non-hydrogen) atoms. The highest BCUT2D eigenvalue weighted by Crippen LogP contribution is 2.29. The molecule has 11 heteroatoms. The Morgan fingerprint density at radius 2 is 2.18 bits per heavy atom. The molecule has 0 saturated heterocycles. The minimum Gasteiger partial charge on any atom is -0.382 e. The Kier molecular flexibility index (Phi) is 8.34. The number of carbonyl (C=O) groups excluding carboxylic acids is 1. The Morgan fingerprint density at radius 3 is 2.91 bits per heavy atom. The molecule has 174 valence electrons. The summed E-state index contributed by atoms with van der Waals surface area (Å²) in [5.74, 6) is 0.0962. The Hall–Kier alpha value is -3.50. The lowest BCUT2D eigenvalue weighted by molar-refractivity contribution is -0.121. The fourth-order valence-corrected chi connectivity index (χ4v) is 3.26. The maximum Gasteiger partial charge on any atom is 0.241 e. The van der Waals surface area contributed by atoms with Crippen molar-refractivity contribution in [2.45, 2.75) is 19.5 Å². The number of likely N-dealkylation sites (N-methyl/N-ethyl adjacent to an activating group) is 1. The molecule has 0 saturated carbocycles. The van der Waals surface area contributed by atoms with Crippen molar-refractivity contribution in [3.8, 4) is 0 Å². The van der Waals surface area contributed by atoms with Crippen LogP contribution in [-0.2, 0) is 16.1 Å². The van der Waals surface area contributed by atoms with E-state index in [0.717, 1.165) is 5.56 Å². The van der Waals surface area contributed by atoms with Gasteiger partial charge in [0.05, 0.1) is 30.7 Å². The molecule has 9 nitrogen and oxygen atoms in total. The van der Waals surface area contributed by atoms with Gasteiger partial charge in [-0.1, -0.05) is 29.8 Å². The van der Waals surface area contributed by atoms with Crippen LogP contribution >= 0.6 is 11.6 Å². The van der Waals surface area contributed by atoms with E-state index < -0.39 is 6.04 Å². The molecule has 3 N–H and O–H groups in total. The molecule has 0 bridgehead atoms. The molecule has 3 aromatic rings. The van der Waals surface area contributed by atoms with Crippen LogP contribution in [0.4, 0.5) is 21.8 Å². The zero-order valence-corrected chi connectivity index (χ0v) is 19.2. The molecule has 1 atom stereocenters. The predicted octanol–water partition coefficient (Wildman–Crippen LogP) is 3.79. The van der Waals surface area contributed by atoms with Gasteiger partial charge < -0.3 is 20.7 Å². The average Bonchev–Trinajstić information content (AvgIpc) is 3.23. The van der Waals surface area contributed by atoms with Crippen LogP contribution in [0.1, 0.15) is 24.1 Å². The van der Waals surface area contributed by atoms with Gasteiger partial charge in [-0.15, -0.1) is 0 Å². The van der Waals surface area contributed by atoms with E-state index in [1.54, 1.807) is 32.6 Å². The van der Waals surface area contributed by atoms with E-state index in [0.29, 0.717) is 22.1 Å². The lowest BCUT2D eigenvalue weighted by atomic mass is 10.00. The second-order valence-electron chi connectivity index (χ2n) is 7.04. The summed E-state index contributed by atoms with van der Waals surface area (Å²) < 4.78 is 20.9. The molecule has 0 aliphatic rings. The average molecular weight is 474 g/mol.